The summed E-state index contributed by atoms with van der Waals surface area (Å²) in [6.45, 7) is 7.98. The van der Waals surface area contributed by atoms with Crippen LogP contribution in [0.2, 0.25) is 0 Å². The Kier molecular flexibility index (Phi) is 7.10. The van der Waals surface area contributed by atoms with Gasteiger partial charge in [-0.1, -0.05) is 31.8 Å². The largest absolute Gasteiger partial charge is 0.339 e. The molecule has 1 aromatic rings. The van der Waals surface area contributed by atoms with Gasteiger partial charge in [-0.2, -0.15) is 4.98 Å². The quantitative estimate of drug-likeness (QED) is 0.752. The van der Waals surface area contributed by atoms with E-state index in [4.69, 9.17) is 4.52 Å². The molecule has 0 unspecified atom stereocenters. The summed E-state index contributed by atoms with van der Waals surface area (Å²) in [5.74, 6) is 2.43. The van der Waals surface area contributed by atoms with Gasteiger partial charge >= 0.3 is 6.03 Å². The number of aromatic nitrogens is 2. The van der Waals surface area contributed by atoms with Crippen molar-refractivity contribution in [3.05, 3.63) is 11.7 Å². The van der Waals surface area contributed by atoms with Crippen LogP contribution in [0.1, 0.15) is 76.4 Å². The van der Waals surface area contributed by atoms with E-state index in [0.717, 1.165) is 31.7 Å². The molecule has 1 saturated heterocycles. The molecule has 1 atom stereocenters. The first-order valence-corrected chi connectivity index (χ1v) is 10.6. The zero-order valence-corrected chi connectivity index (χ0v) is 17.1. The standard InChI is InChI=1S/C20H35N5O2/c1-15(2)13-25-12-5-4-9-17(25)10-11-21-20(26)24(3)14-18-22-19(27-23-18)16-7-6-8-16/h15-17H,4-14H2,1-3H3,(H,21,26)/t17-/m0/s1. The third-order valence-corrected chi connectivity index (χ3v) is 5.77. The van der Waals surface area contributed by atoms with E-state index in [2.05, 4.69) is 34.2 Å². The van der Waals surface area contributed by atoms with Crippen LogP contribution in [0.4, 0.5) is 4.79 Å². The lowest BCUT2D eigenvalue weighted by atomic mass is 9.85. The van der Waals surface area contributed by atoms with E-state index in [1.54, 1.807) is 11.9 Å². The second kappa shape index (κ2) is 9.53. The first-order valence-electron chi connectivity index (χ1n) is 10.6. The SMILES string of the molecule is CC(C)CN1CCCC[C@H]1CCNC(=O)N(C)Cc1noc(C2CCC2)n1. The first kappa shape index (κ1) is 20.1. The Bertz CT molecular complexity index is 599. The first-order chi connectivity index (χ1) is 13.0. The highest BCUT2D eigenvalue weighted by Crippen LogP contribution is 2.35. The molecule has 0 bridgehead atoms. The highest BCUT2D eigenvalue weighted by molar-refractivity contribution is 5.73. The van der Waals surface area contributed by atoms with Gasteiger partial charge in [-0.05, 0) is 44.6 Å². The number of nitrogens with one attached hydrogen (secondary N) is 1. The van der Waals surface area contributed by atoms with Crippen LogP contribution in [0.3, 0.4) is 0 Å². The second-order valence-electron chi connectivity index (χ2n) is 8.59. The van der Waals surface area contributed by atoms with E-state index in [1.165, 1.54) is 32.2 Å². The molecule has 2 amide bonds. The third-order valence-electron chi connectivity index (χ3n) is 5.77. The molecule has 2 heterocycles. The fourth-order valence-electron chi connectivity index (χ4n) is 4.01. The van der Waals surface area contributed by atoms with Crippen LogP contribution in [0.25, 0.3) is 0 Å². The molecule has 0 aromatic carbocycles. The fraction of sp³-hybridized carbons (Fsp3) is 0.850. The van der Waals surface area contributed by atoms with Crippen molar-refractivity contribution in [2.45, 2.75) is 77.3 Å². The Hall–Kier alpha value is -1.63. The number of hydrogen-bond acceptors (Lipinski definition) is 5. The van der Waals surface area contributed by atoms with E-state index in [9.17, 15) is 4.79 Å². The molecule has 0 radical (unpaired) electrons. The van der Waals surface area contributed by atoms with Gasteiger partial charge in [0.1, 0.15) is 0 Å². The number of carbonyl (C=O) groups excluding carboxylic acids is 1. The summed E-state index contributed by atoms with van der Waals surface area (Å²) in [5, 5.41) is 7.07. The molecule has 3 rings (SSSR count). The van der Waals surface area contributed by atoms with E-state index in [-0.39, 0.29) is 6.03 Å². The molecule has 1 aliphatic heterocycles. The molecule has 2 aliphatic rings. The average Bonchev–Trinajstić information content (AvgIpc) is 3.02. The van der Waals surface area contributed by atoms with Crippen molar-refractivity contribution in [3.8, 4) is 0 Å². The maximum atomic E-state index is 12.4. The minimum Gasteiger partial charge on any atom is -0.339 e. The summed E-state index contributed by atoms with van der Waals surface area (Å²) in [6.07, 6.45) is 8.35. The lowest BCUT2D eigenvalue weighted by Gasteiger charge is -2.37. The van der Waals surface area contributed by atoms with Gasteiger partial charge in [0.2, 0.25) is 5.89 Å². The minimum atomic E-state index is -0.0730. The summed E-state index contributed by atoms with van der Waals surface area (Å²) in [6, 6.07) is 0.519. The maximum absolute atomic E-state index is 12.4. The van der Waals surface area contributed by atoms with Gasteiger partial charge in [-0.15, -0.1) is 0 Å². The number of rotatable bonds is 8. The molecule has 7 nitrogen and oxygen atoms in total. The van der Waals surface area contributed by atoms with Crippen molar-refractivity contribution in [3.63, 3.8) is 0 Å². The van der Waals surface area contributed by atoms with Crippen molar-refractivity contribution in [2.24, 2.45) is 5.92 Å². The monoisotopic (exact) mass is 377 g/mol. The molecule has 0 spiro atoms. The number of piperidine rings is 1. The zero-order valence-electron chi connectivity index (χ0n) is 17.1. The van der Waals surface area contributed by atoms with Gasteiger partial charge in [0, 0.05) is 32.1 Å². The van der Waals surface area contributed by atoms with Gasteiger partial charge in [0.15, 0.2) is 5.82 Å². The number of urea groups is 1. The molecule has 7 heteroatoms. The lowest BCUT2D eigenvalue weighted by Crippen LogP contribution is -2.44. The predicted molar refractivity (Wildman–Crippen MR) is 104 cm³/mol. The van der Waals surface area contributed by atoms with Gasteiger partial charge in [0.25, 0.3) is 0 Å². The Morgan fingerprint density at radius 2 is 2.11 bits per heavy atom. The number of hydrogen-bond donors (Lipinski definition) is 1. The van der Waals surface area contributed by atoms with Crippen molar-refractivity contribution >= 4 is 6.03 Å². The Morgan fingerprint density at radius 1 is 1.30 bits per heavy atom. The van der Waals surface area contributed by atoms with Crippen molar-refractivity contribution < 1.29 is 9.32 Å². The average molecular weight is 378 g/mol. The van der Waals surface area contributed by atoms with Crippen LogP contribution in [0, 0.1) is 5.92 Å². The van der Waals surface area contributed by atoms with Crippen LogP contribution >= 0.6 is 0 Å². The minimum absolute atomic E-state index is 0.0730. The Balaban J connectivity index is 1.39. The van der Waals surface area contributed by atoms with Crippen LogP contribution in [-0.2, 0) is 6.54 Å². The maximum Gasteiger partial charge on any atom is 0.317 e. The molecule has 27 heavy (non-hydrogen) atoms. The van der Waals surface area contributed by atoms with Crippen molar-refractivity contribution in [1.29, 1.82) is 0 Å². The number of nitrogens with zero attached hydrogens (tertiary/aromatic N) is 4. The highest BCUT2D eigenvalue weighted by atomic mass is 16.5. The summed E-state index contributed by atoms with van der Waals surface area (Å²) in [4.78, 5) is 21.0. The van der Waals surface area contributed by atoms with Gasteiger partial charge in [-0.25, -0.2) is 4.79 Å². The molecule has 1 saturated carbocycles. The van der Waals surface area contributed by atoms with E-state index >= 15 is 0 Å². The molecule has 1 aliphatic carbocycles. The molecule has 1 N–H and O–H groups in total. The molecular weight excluding hydrogens is 342 g/mol. The second-order valence-corrected chi connectivity index (χ2v) is 8.59. The smallest absolute Gasteiger partial charge is 0.317 e. The zero-order chi connectivity index (χ0) is 19.2. The summed E-state index contributed by atoms with van der Waals surface area (Å²) < 4.78 is 5.33. The lowest BCUT2D eigenvalue weighted by molar-refractivity contribution is 0.124. The topological polar surface area (TPSA) is 74.5 Å². The number of likely N-dealkylation sites (tertiary alicyclic amines) is 1. The molecular formula is C20H35N5O2. The highest BCUT2D eigenvalue weighted by Gasteiger charge is 2.26. The van der Waals surface area contributed by atoms with Crippen LogP contribution in [0.5, 0.6) is 0 Å². The third kappa shape index (κ3) is 5.67. The fourth-order valence-corrected chi connectivity index (χ4v) is 4.01. The normalized spacial score (nSPS) is 21.3. The van der Waals surface area contributed by atoms with Gasteiger partial charge < -0.3 is 19.6 Å². The van der Waals surface area contributed by atoms with E-state index in [1.807, 2.05) is 0 Å². The Morgan fingerprint density at radius 3 is 2.81 bits per heavy atom. The van der Waals surface area contributed by atoms with Crippen molar-refractivity contribution in [2.75, 3.05) is 26.7 Å². The number of carbonyl (C=O) groups is 1. The van der Waals surface area contributed by atoms with Crippen LogP contribution in [0.15, 0.2) is 4.52 Å². The van der Waals surface area contributed by atoms with E-state index < -0.39 is 0 Å². The van der Waals surface area contributed by atoms with Gasteiger partial charge in [0.05, 0.1) is 6.54 Å². The Labute approximate surface area is 162 Å². The summed E-state index contributed by atoms with van der Waals surface area (Å²) >= 11 is 0. The molecule has 152 valence electrons. The number of amides is 2. The van der Waals surface area contributed by atoms with E-state index in [0.29, 0.717) is 36.8 Å². The molecule has 1 aromatic heterocycles. The van der Waals surface area contributed by atoms with Crippen molar-refractivity contribution in [1.82, 2.24) is 25.3 Å². The molecule has 2 fully saturated rings. The van der Waals surface area contributed by atoms with Crippen LogP contribution < -0.4 is 5.32 Å². The summed E-state index contributed by atoms with van der Waals surface area (Å²) in [5.41, 5.74) is 0. The van der Waals surface area contributed by atoms with Crippen LogP contribution in [-0.4, -0.2) is 58.7 Å². The summed E-state index contributed by atoms with van der Waals surface area (Å²) in [7, 11) is 1.78. The predicted octanol–water partition coefficient (Wildman–Crippen LogP) is 3.38. The van der Waals surface area contributed by atoms with Gasteiger partial charge in [-0.3, -0.25) is 0 Å².